The van der Waals surface area contributed by atoms with E-state index in [2.05, 4.69) is 35.9 Å². The van der Waals surface area contributed by atoms with E-state index in [4.69, 9.17) is 24.4 Å². The SMILES string of the molecule is N.S=C(S)NC1CCCCC1.S=C(S)NC1CCCCC1.[99Tc]. The van der Waals surface area contributed by atoms with Gasteiger partial charge >= 0.3 is 0 Å². The zero-order valence-corrected chi connectivity index (χ0v) is 18.3. The van der Waals surface area contributed by atoms with Crippen LogP contribution in [0.15, 0.2) is 0 Å². The van der Waals surface area contributed by atoms with E-state index in [0.29, 0.717) is 20.7 Å². The largest absolute Gasteiger partial charge is 0.368 e. The van der Waals surface area contributed by atoms with Gasteiger partial charge in [-0.1, -0.05) is 63.0 Å². The first kappa shape index (κ1) is 25.3. The Labute approximate surface area is 170 Å². The molecule has 0 aromatic heterocycles. The van der Waals surface area contributed by atoms with E-state index in [1.54, 1.807) is 0 Å². The van der Waals surface area contributed by atoms with Crippen LogP contribution in [0.3, 0.4) is 0 Å². The minimum atomic E-state index is 0. The van der Waals surface area contributed by atoms with Crippen LogP contribution in [0.2, 0.25) is 0 Å². The monoisotopic (exact) mass is 466 g/mol. The summed E-state index contributed by atoms with van der Waals surface area (Å²) in [5, 5.41) is 6.35. The van der Waals surface area contributed by atoms with Crippen LogP contribution in [0, 0.1) is 0 Å². The van der Waals surface area contributed by atoms with Crippen LogP contribution in [0.5, 0.6) is 0 Å². The summed E-state index contributed by atoms with van der Waals surface area (Å²) in [4.78, 5) is 0. The van der Waals surface area contributed by atoms with Crippen LogP contribution in [-0.4, -0.2) is 20.7 Å². The normalized spacial score (nSPS) is 18.6. The van der Waals surface area contributed by atoms with Crippen LogP contribution in [0.4, 0.5) is 0 Å². The van der Waals surface area contributed by atoms with Crippen molar-refractivity contribution in [1.29, 1.82) is 0 Å². The van der Waals surface area contributed by atoms with Gasteiger partial charge in [0.05, 0.1) is 0 Å². The van der Waals surface area contributed by atoms with Crippen molar-refractivity contribution >= 4 is 58.3 Å². The molecule has 2 saturated carbocycles. The van der Waals surface area contributed by atoms with Crippen molar-refractivity contribution in [3.05, 3.63) is 0 Å². The van der Waals surface area contributed by atoms with Gasteiger partial charge < -0.3 is 16.8 Å². The van der Waals surface area contributed by atoms with E-state index in [9.17, 15) is 0 Å². The average Bonchev–Trinajstić information content (AvgIpc) is 2.40. The molecule has 0 atom stereocenters. The van der Waals surface area contributed by atoms with Crippen molar-refractivity contribution in [3.8, 4) is 0 Å². The molecule has 2 aliphatic carbocycles. The number of nitrogens with one attached hydrogen (secondary N) is 2. The molecule has 5 N–H and O–H groups in total. The summed E-state index contributed by atoms with van der Waals surface area (Å²) in [6, 6.07) is 1.22. The van der Waals surface area contributed by atoms with Crippen LogP contribution >= 0.6 is 49.7 Å². The molecule has 131 valence electrons. The van der Waals surface area contributed by atoms with E-state index in [1.165, 1.54) is 64.2 Å². The Morgan fingerprint density at radius 1 is 0.682 bits per heavy atom. The molecule has 3 nitrogen and oxygen atoms in total. The fraction of sp³-hybridized carbons (Fsp3) is 0.857. The molecule has 0 spiro atoms. The second-order valence-corrected chi connectivity index (χ2v) is 7.88. The van der Waals surface area contributed by atoms with E-state index in [1.807, 2.05) is 0 Å². The number of hydrogen-bond acceptors (Lipinski definition) is 3. The minimum absolute atomic E-state index is 0. The Morgan fingerprint density at radius 2 is 0.955 bits per heavy atom. The van der Waals surface area contributed by atoms with Gasteiger partial charge in [-0.05, 0) is 25.7 Å². The average molecular weight is 467 g/mol. The minimum Gasteiger partial charge on any atom is -0.368 e. The molecule has 2 fully saturated rings. The zero-order chi connectivity index (χ0) is 14.8. The van der Waals surface area contributed by atoms with Gasteiger partial charge in [0.1, 0.15) is 8.64 Å². The molecule has 0 bridgehead atoms. The summed E-state index contributed by atoms with van der Waals surface area (Å²) in [7, 11) is 0. The van der Waals surface area contributed by atoms with Crippen molar-refractivity contribution in [2.24, 2.45) is 0 Å². The van der Waals surface area contributed by atoms with Gasteiger partial charge in [0.15, 0.2) is 0 Å². The molecule has 0 amide bonds. The maximum Gasteiger partial charge on any atom is 0.130 e. The molecule has 2 rings (SSSR count). The first-order valence-corrected chi connectivity index (χ1v) is 9.28. The van der Waals surface area contributed by atoms with E-state index in [-0.39, 0.29) is 26.3 Å². The summed E-state index contributed by atoms with van der Waals surface area (Å²) in [6.07, 6.45) is 13.2. The Morgan fingerprint density at radius 3 is 1.18 bits per heavy atom. The predicted octanol–water partition coefficient (Wildman–Crippen LogP) is 4.41. The molecule has 2 aliphatic rings. The molecule has 0 saturated heterocycles. The van der Waals surface area contributed by atoms with Gasteiger partial charge in [-0.2, -0.15) is 0 Å². The molecule has 0 aromatic carbocycles. The topological polar surface area (TPSA) is 59.1 Å². The summed E-state index contributed by atoms with van der Waals surface area (Å²) in [6.45, 7) is 0. The summed E-state index contributed by atoms with van der Waals surface area (Å²) in [5.41, 5.74) is 0. The third kappa shape index (κ3) is 13.5. The fourth-order valence-corrected chi connectivity index (χ4v) is 3.54. The van der Waals surface area contributed by atoms with Crippen LogP contribution in [0.25, 0.3) is 0 Å². The maximum atomic E-state index is 4.83. The quantitative estimate of drug-likeness (QED) is 0.308. The predicted molar refractivity (Wildman–Crippen MR) is 108 cm³/mol. The number of rotatable bonds is 2. The number of thiol groups is 2. The van der Waals surface area contributed by atoms with Crippen molar-refractivity contribution < 1.29 is 20.1 Å². The molecular weight excluding hydrogens is 437 g/mol. The fourth-order valence-electron chi connectivity index (χ4n) is 2.84. The van der Waals surface area contributed by atoms with Crippen molar-refractivity contribution in [2.45, 2.75) is 76.3 Å². The smallest absolute Gasteiger partial charge is 0.130 e. The van der Waals surface area contributed by atoms with Gasteiger partial charge in [-0.3, -0.25) is 0 Å². The molecular formula is C14H29N3S4Tc. The Bertz CT molecular complexity index is 276. The molecule has 8 heteroatoms. The maximum absolute atomic E-state index is 4.83. The van der Waals surface area contributed by atoms with Crippen LogP contribution < -0.4 is 16.8 Å². The van der Waals surface area contributed by atoms with Gasteiger partial charge in [0, 0.05) is 32.2 Å². The first-order valence-electron chi connectivity index (χ1n) is 7.57. The molecule has 0 unspecified atom stereocenters. The summed E-state index contributed by atoms with van der Waals surface area (Å²) >= 11 is 17.7. The Balaban J connectivity index is 0. The second kappa shape index (κ2) is 15.6. The van der Waals surface area contributed by atoms with E-state index >= 15 is 0 Å². The summed E-state index contributed by atoms with van der Waals surface area (Å²) in [5.74, 6) is 0. The van der Waals surface area contributed by atoms with Gasteiger partial charge in [-0.15, -0.1) is 25.3 Å². The third-order valence-electron chi connectivity index (χ3n) is 3.87. The molecule has 0 aliphatic heterocycles. The zero-order valence-electron chi connectivity index (χ0n) is 13.0. The van der Waals surface area contributed by atoms with Gasteiger partial charge in [0.2, 0.25) is 0 Å². The first-order chi connectivity index (χ1) is 9.58. The second-order valence-electron chi connectivity index (χ2n) is 5.57. The van der Waals surface area contributed by atoms with Crippen molar-refractivity contribution in [3.63, 3.8) is 0 Å². The molecule has 0 heterocycles. The van der Waals surface area contributed by atoms with Crippen molar-refractivity contribution in [2.75, 3.05) is 0 Å². The van der Waals surface area contributed by atoms with Crippen LogP contribution in [0.1, 0.15) is 64.2 Å². The third-order valence-corrected chi connectivity index (χ3v) is 4.36. The van der Waals surface area contributed by atoms with Crippen molar-refractivity contribution in [1.82, 2.24) is 16.8 Å². The Hall–Kier alpha value is 1.09. The standard InChI is InChI=1S/2C7H13NS2.H3N.Tc/c2*9-7(10)8-6-4-2-1-3-5-6;;/h2*6H,1-5H2,(H2,8,9,10);1H3;/i;;;1+1. The van der Waals surface area contributed by atoms with Gasteiger partial charge in [-0.25, -0.2) is 0 Å². The molecule has 1 radical (unpaired) electrons. The van der Waals surface area contributed by atoms with E-state index < -0.39 is 0 Å². The number of thiocarbonyl (C=S) groups is 2. The number of hydrogen-bond donors (Lipinski definition) is 5. The molecule has 0 aromatic rings. The van der Waals surface area contributed by atoms with E-state index in [0.717, 1.165) is 0 Å². The van der Waals surface area contributed by atoms with Crippen LogP contribution in [-0.2, 0) is 20.1 Å². The summed E-state index contributed by atoms with van der Waals surface area (Å²) < 4.78 is 1.29. The molecule has 22 heavy (non-hydrogen) atoms. The van der Waals surface area contributed by atoms with Gasteiger partial charge in [0.25, 0.3) is 0 Å². The Kier molecular flexibility index (Phi) is 18.0.